The molecular formula is C23H20N2O5S. The third kappa shape index (κ3) is 3.37. The average Bonchev–Trinajstić information content (AvgIpc) is 3.37. The van der Waals surface area contributed by atoms with Crippen LogP contribution in [0.15, 0.2) is 42.2 Å². The molecule has 0 spiro atoms. The number of allylic oxidation sites excluding steroid dienone is 2. The van der Waals surface area contributed by atoms with Gasteiger partial charge in [0.2, 0.25) is 0 Å². The number of carbonyl (C=O) groups is 1. The number of aliphatic hydroxyl groups excluding tert-OH is 1. The van der Waals surface area contributed by atoms with Crippen LogP contribution in [0.5, 0.6) is 10.9 Å². The number of fused-ring (bicyclic) bond motifs is 3. The number of non-ortho nitro benzene ring substituents is 1. The summed E-state index contributed by atoms with van der Waals surface area (Å²) in [6, 6.07) is 10.0. The van der Waals surface area contributed by atoms with E-state index in [2.05, 4.69) is 4.98 Å². The first-order valence-electron chi connectivity index (χ1n) is 10.3. The number of ketones is 1. The quantitative estimate of drug-likeness (QED) is 0.399. The molecule has 31 heavy (non-hydrogen) atoms. The molecule has 1 aromatic heterocycles. The molecule has 0 amide bonds. The number of thiazole rings is 1. The van der Waals surface area contributed by atoms with Crippen LogP contribution in [0, 0.1) is 22.0 Å². The van der Waals surface area contributed by atoms with E-state index < -0.39 is 4.92 Å². The van der Waals surface area contributed by atoms with Crippen molar-refractivity contribution in [3.8, 4) is 10.9 Å². The number of nitro benzene ring substituents is 1. The second-order valence-electron chi connectivity index (χ2n) is 7.99. The van der Waals surface area contributed by atoms with Gasteiger partial charge in [-0.2, -0.15) is 0 Å². The monoisotopic (exact) mass is 436 g/mol. The molecule has 2 aromatic carbocycles. The minimum atomic E-state index is -0.441. The Bertz CT molecular complexity index is 1260. The number of nitro groups is 1. The van der Waals surface area contributed by atoms with Gasteiger partial charge in [0.05, 0.1) is 20.7 Å². The maximum absolute atomic E-state index is 13.0. The van der Waals surface area contributed by atoms with Gasteiger partial charge in [-0.15, -0.1) is 0 Å². The summed E-state index contributed by atoms with van der Waals surface area (Å²) < 4.78 is 6.62. The number of benzene rings is 2. The third-order valence-corrected chi connectivity index (χ3v) is 7.09. The summed E-state index contributed by atoms with van der Waals surface area (Å²) in [6.45, 7) is 2.01. The molecule has 1 N–H and O–H groups in total. The van der Waals surface area contributed by atoms with Crippen molar-refractivity contribution in [2.24, 2.45) is 11.8 Å². The van der Waals surface area contributed by atoms with Crippen LogP contribution in [0.3, 0.4) is 0 Å². The minimum absolute atomic E-state index is 0.00476. The van der Waals surface area contributed by atoms with E-state index in [1.807, 2.05) is 19.1 Å². The van der Waals surface area contributed by atoms with E-state index >= 15 is 0 Å². The van der Waals surface area contributed by atoms with Gasteiger partial charge in [0.25, 0.3) is 10.9 Å². The Morgan fingerprint density at radius 2 is 2.03 bits per heavy atom. The molecule has 1 heterocycles. The standard InChI is InChI=1S/C23H20N2O5S/c1-2-12-5-7-16(11-17(12)20-21(26)13-3-4-14(9-13)22(20)27)30-23-24-18-8-6-15(25(28)29)10-19(18)31-23/h5-8,10-11,13-14,26H,2-4,9H2,1H3/t13-,14+/m1/s1. The van der Waals surface area contributed by atoms with Crippen LogP contribution in [0.25, 0.3) is 15.8 Å². The van der Waals surface area contributed by atoms with Gasteiger partial charge in [-0.1, -0.05) is 24.3 Å². The molecule has 2 aliphatic carbocycles. The number of nitrogens with zero attached hydrogens (tertiary/aromatic N) is 2. The second-order valence-corrected chi connectivity index (χ2v) is 8.99. The fourth-order valence-corrected chi connectivity index (χ4v) is 5.45. The van der Waals surface area contributed by atoms with E-state index in [-0.39, 0.29) is 29.1 Å². The number of carbonyl (C=O) groups excluding carboxylic acids is 1. The van der Waals surface area contributed by atoms with Gasteiger partial charge >= 0.3 is 0 Å². The molecule has 0 unspecified atom stereocenters. The number of ether oxygens (including phenoxy) is 1. The van der Waals surface area contributed by atoms with Crippen LogP contribution in [0.2, 0.25) is 0 Å². The van der Waals surface area contributed by atoms with Crippen molar-refractivity contribution >= 4 is 38.6 Å². The van der Waals surface area contributed by atoms with Gasteiger partial charge in [-0.05, 0) is 55.0 Å². The molecule has 8 heteroatoms. The number of aromatic nitrogens is 1. The highest BCUT2D eigenvalue weighted by atomic mass is 32.1. The fourth-order valence-electron chi connectivity index (χ4n) is 4.58. The predicted octanol–water partition coefficient (Wildman–Crippen LogP) is 5.83. The lowest BCUT2D eigenvalue weighted by molar-refractivity contribution is -0.384. The maximum atomic E-state index is 13.0. The number of hydrogen-bond acceptors (Lipinski definition) is 7. The van der Waals surface area contributed by atoms with E-state index in [9.17, 15) is 20.0 Å². The van der Waals surface area contributed by atoms with Crippen molar-refractivity contribution in [2.45, 2.75) is 32.6 Å². The topological polar surface area (TPSA) is 103 Å². The van der Waals surface area contributed by atoms with Crippen LogP contribution >= 0.6 is 11.3 Å². The van der Waals surface area contributed by atoms with Crippen molar-refractivity contribution in [1.82, 2.24) is 4.98 Å². The van der Waals surface area contributed by atoms with E-state index in [4.69, 9.17) is 4.74 Å². The van der Waals surface area contributed by atoms with Gasteiger partial charge in [0.1, 0.15) is 11.5 Å². The van der Waals surface area contributed by atoms with Crippen molar-refractivity contribution in [3.05, 3.63) is 63.4 Å². The Hall–Kier alpha value is -3.26. The first kappa shape index (κ1) is 19.7. The lowest BCUT2D eigenvalue weighted by atomic mass is 9.81. The highest BCUT2D eigenvalue weighted by molar-refractivity contribution is 7.20. The maximum Gasteiger partial charge on any atom is 0.279 e. The Balaban J connectivity index is 1.52. The van der Waals surface area contributed by atoms with Gasteiger partial charge in [0.15, 0.2) is 5.78 Å². The van der Waals surface area contributed by atoms with Crippen molar-refractivity contribution in [2.75, 3.05) is 0 Å². The summed E-state index contributed by atoms with van der Waals surface area (Å²) in [6.07, 6.45) is 3.14. The molecule has 2 atom stereocenters. The zero-order valence-corrected chi connectivity index (χ0v) is 17.6. The molecule has 5 rings (SSSR count). The van der Waals surface area contributed by atoms with Gasteiger partial charge in [-0.25, -0.2) is 4.98 Å². The highest BCUT2D eigenvalue weighted by Crippen LogP contribution is 2.46. The number of aliphatic hydroxyl groups is 1. The van der Waals surface area contributed by atoms with E-state index in [0.29, 0.717) is 26.7 Å². The van der Waals surface area contributed by atoms with Crippen LogP contribution < -0.4 is 4.74 Å². The Kier molecular flexibility index (Phi) is 4.74. The van der Waals surface area contributed by atoms with E-state index in [0.717, 1.165) is 36.8 Å². The van der Waals surface area contributed by atoms with E-state index in [1.54, 1.807) is 12.1 Å². The van der Waals surface area contributed by atoms with Crippen LogP contribution in [-0.2, 0) is 11.2 Å². The van der Waals surface area contributed by atoms with Gasteiger partial charge in [-0.3, -0.25) is 14.9 Å². The molecule has 3 aromatic rings. The molecular weight excluding hydrogens is 416 g/mol. The predicted molar refractivity (Wildman–Crippen MR) is 118 cm³/mol. The highest BCUT2D eigenvalue weighted by Gasteiger charge is 2.41. The molecule has 1 saturated carbocycles. The Morgan fingerprint density at radius 3 is 2.81 bits per heavy atom. The summed E-state index contributed by atoms with van der Waals surface area (Å²) in [5.74, 6) is 0.785. The lowest BCUT2D eigenvalue weighted by Crippen LogP contribution is -2.21. The SMILES string of the molecule is CCc1ccc(Oc2nc3ccc([N+](=O)[O-])cc3s2)cc1C1=C(O)[C@@H]2CC[C@@H](C2)C1=O. The van der Waals surface area contributed by atoms with Crippen molar-refractivity contribution < 1.29 is 19.6 Å². The van der Waals surface area contributed by atoms with Gasteiger partial charge < -0.3 is 9.84 Å². The summed E-state index contributed by atoms with van der Waals surface area (Å²) in [5, 5.41) is 22.2. The van der Waals surface area contributed by atoms with Crippen molar-refractivity contribution in [1.29, 1.82) is 0 Å². The largest absolute Gasteiger partial charge is 0.511 e. The normalized spacial score (nSPS) is 20.5. The fraction of sp³-hybridized carbons (Fsp3) is 0.304. The number of rotatable bonds is 5. The molecule has 158 valence electrons. The molecule has 1 fully saturated rings. The minimum Gasteiger partial charge on any atom is -0.511 e. The van der Waals surface area contributed by atoms with Crippen LogP contribution in [-0.4, -0.2) is 20.8 Å². The molecule has 0 saturated heterocycles. The summed E-state index contributed by atoms with van der Waals surface area (Å²) >= 11 is 1.22. The first-order chi connectivity index (χ1) is 14.9. The second kappa shape index (κ2) is 7.46. The first-order valence-corrected chi connectivity index (χ1v) is 11.1. The van der Waals surface area contributed by atoms with Crippen LogP contribution in [0.4, 0.5) is 5.69 Å². The summed E-state index contributed by atoms with van der Waals surface area (Å²) in [7, 11) is 0. The van der Waals surface area contributed by atoms with E-state index in [1.165, 1.54) is 23.5 Å². The smallest absolute Gasteiger partial charge is 0.279 e. The summed E-state index contributed by atoms with van der Waals surface area (Å²) in [4.78, 5) is 28.0. The molecule has 0 aliphatic heterocycles. The lowest BCUT2D eigenvalue weighted by Gasteiger charge is -2.23. The molecule has 2 aliphatic rings. The average molecular weight is 436 g/mol. The number of hydrogen-bond donors (Lipinski definition) is 1. The Labute approximate surface area is 182 Å². The molecule has 0 radical (unpaired) electrons. The molecule has 7 nitrogen and oxygen atoms in total. The number of Topliss-reactive ketones (excluding diaryl/α,β-unsaturated/α-hetero) is 1. The zero-order valence-electron chi connectivity index (χ0n) is 16.8. The third-order valence-electron chi connectivity index (χ3n) is 6.19. The Morgan fingerprint density at radius 1 is 1.23 bits per heavy atom. The van der Waals surface area contributed by atoms with Crippen LogP contribution in [0.1, 0.15) is 37.3 Å². The van der Waals surface area contributed by atoms with Gasteiger partial charge in [0, 0.05) is 24.0 Å². The number of aryl methyl sites for hydroxylation is 1. The summed E-state index contributed by atoms with van der Waals surface area (Å²) in [5.41, 5.74) is 2.75. The van der Waals surface area contributed by atoms with Crippen molar-refractivity contribution in [3.63, 3.8) is 0 Å². The zero-order chi connectivity index (χ0) is 21.7. The molecule has 2 bridgehead atoms.